The molecule has 1 aromatic heterocycles. The van der Waals surface area contributed by atoms with Crippen molar-refractivity contribution in [1.29, 1.82) is 5.26 Å². The number of anilines is 1. The van der Waals surface area contributed by atoms with Gasteiger partial charge in [-0.05, 0) is 45.3 Å². The van der Waals surface area contributed by atoms with E-state index in [4.69, 9.17) is 0 Å². The summed E-state index contributed by atoms with van der Waals surface area (Å²) >= 11 is 0. The molecular weight excluding hydrogens is 236 g/mol. The summed E-state index contributed by atoms with van der Waals surface area (Å²) in [5, 5.41) is 12.7. The Morgan fingerprint density at radius 2 is 2.32 bits per heavy atom. The van der Waals surface area contributed by atoms with E-state index in [0.29, 0.717) is 11.5 Å². The number of pyridine rings is 1. The van der Waals surface area contributed by atoms with Crippen LogP contribution in [0.15, 0.2) is 6.07 Å². The van der Waals surface area contributed by atoms with E-state index in [9.17, 15) is 5.26 Å². The molecule has 2 heterocycles. The second-order valence-electron chi connectivity index (χ2n) is 5.31. The Kier molecular flexibility index (Phi) is 4.39. The van der Waals surface area contributed by atoms with Crippen molar-refractivity contribution in [3.63, 3.8) is 0 Å². The van der Waals surface area contributed by atoms with Crippen molar-refractivity contribution in [2.45, 2.75) is 27.2 Å². The fourth-order valence-corrected chi connectivity index (χ4v) is 2.73. The van der Waals surface area contributed by atoms with Crippen LogP contribution in [0.5, 0.6) is 0 Å². The summed E-state index contributed by atoms with van der Waals surface area (Å²) in [6, 6.07) is 4.22. The van der Waals surface area contributed by atoms with Crippen LogP contribution in [-0.4, -0.2) is 36.1 Å². The van der Waals surface area contributed by atoms with E-state index < -0.39 is 0 Å². The molecule has 1 fully saturated rings. The molecule has 4 heteroatoms. The van der Waals surface area contributed by atoms with Gasteiger partial charge < -0.3 is 10.2 Å². The highest BCUT2D eigenvalue weighted by Gasteiger charge is 2.21. The molecule has 1 aromatic rings. The molecule has 0 bridgehead atoms. The summed E-state index contributed by atoms with van der Waals surface area (Å²) in [4.78, 5) is 6.81. The Balaban J connectivity index is 2.02. The minimum Gasteiger partial charge on any atom is -0.384 e. The van der Waals surface area contributed by atoms with Crippen molar-refractivity contribution in [3.8, 4) is 6.07 Å². The van der Waals surface area contributed by atoms with Gasteiger partial charge in [-0.3, -0.25) is 4.98 Å². The zero-order valence-corrected chi connectivity index (χ0v) is 12.0. The van der Waals surface area contributed by atoms with Crippen LogP contribution >= 0.6 is 0 Å². The van der Waals surface area contributed by atoms with Crippen molar-refractivity contribution in [2.75, 3.05) is 31.5 Å². The molecule has 19 heavy (non-hydrogen) atoms. The van der Waals surface area contributed by atoms with Gasteiger partial charge in [0, 0.05) is 18.8 Å². The normalized spacial score (nSPS) is 19.4. The molecule has 1 aliphatic rings. The highest BCUT2D eigenvalue weighted by atomic mass is 15.1. The van der Waals surface area contributed by atoms with E-state index in [1.54, 1.807) is 0 Å². The maximum atomic E-state index is 9.22. The van der Waals surface area contributed by atoms with Gasteiger partial charge in [-0.25, -0.2) is 0 Å². The van der Waals surface area contributed by atoms with E-state index in [1.165, 1.54) is 13.0 Å². The summed E-state index contributed by atoms with van der Waals surface area (Å²) in [5.74, 6) is 0.681. The van der Waals surface area contributed by atoms with Gasteiger partial charge in [0.05, 0.1) is 16.9 Å². The number of hydrogen-bond acceptors (Lipinski definition) is 4. The molecule has 1 unspecified atom stereocenters. The van der Waals surface area contributed by atoms with E-state index in [2.05, 4.69) is 28.2 Å². The van der Waals surface area contributed by atoms with E-state index in [-0.39, 0.29) is 0 Å². The smallest absolute Gasteiger partial charge is 0.103 e. The number of likely N-dealkylation sites (tertiary alicyclic amines) is 1. The number of aryl methyl sites for hydroxylation is 2. The second-order valence-corrected chi connectivity index (χ2v) is 5.31. The molecule has 0 aliphatic carbocycles. The van der Waals surface area contributed by atoms with E-state index in [1.807, 2.05) is 19.9 Å². The predicted molar refractivity (Wildman–Crippen MR) is 77.1 cm³/mol. The summed E-state index contributed by atoms with van der Waals surface area (Å²) in [6.45, 7) is 10.5. The molecular formula is C15H22N4. The number of rotatable bonds is 4. The van der Waals surface area contributed by atoms with Crippen LogP contribution in [0.4, 0.5) is 5.69 Å². The Hall–Kier alpha value is -1.60. The highest BCUT2D eigenvalue weighted by Crippen LogP contribution is 2.21. The van der Waals surface area contributed by atoms with E-state index in [0.717, 1.165) is 36.7 Å². The molecule has 0 amide bonds. The van der Waals surface area contributed by atoms with Crippen LogP contribution in [0.25, 0.3) is 0 Å². The molecule has 4 nitrogen and oxygen atoms in total. The quantitative estimate of drug-likeness (QED) is 0.900. The van der Waals surface area contributed by atoms with Crippen LogP contribution in [-0.2, 0) is 0 Å². The zero-order chi connectivity index (χ0) is 13.8. The third kappa shape index (κ3) is 3.24. The minimum absolute atomic E-state index is 0.677. The van der Waals surface area contributed by atoms with Gasteiger partial charge in [-0.2, -0.15) is 5.26 Å². The Morgan fingerprint density at radius 1 is 1.53 bits per heavy atom. The van der Waals surface area contributed by atoms with Gasteiger partial charge in [0.1, 0.15) is 6.07 Å². The van der Waals surface area contributed by atoms with Crippen LogP contribution in [0, 0.1) is 31.1 Å². The van der Waals surface area contributed by atoms with Crippen LogP contribution in [0.3, 0.4) is 0 Å². The summed E-state index contributed by atoms with van der Waals surface area (Å²) in [7, 11) is 0. The Labute approximate surface area is 115 Å². The molecule has 2 rings (SSSR count). The number of nitrogens with zero attached hydrogens (tertiary/aromatic N) is 3. The second kappa shape index (κ2) is 6.03. The highest BCUT2D eigenvalue weighted by molar-refractivity contribution is 5.59. The van der Waals surface area contributed by atoms with Gasteiger partial charge >= 0.3 is 0 Å². The van der Waals surface area contributed by atoms with Crippen LogP contribution in [0.1, 0.15) is 30.3 Å². The molecule has 102 valence electrons. The van der Waals surface area contributed by atoms with Gasteiger partial charge in [-0.15, -0.1) is 0 Å². The summed E-state index contributed by atoms with van der Waals surface area (Å²) < 4.78 is 0. The van der Waals surface area contributed by atoms with Crippen molar-refractivity contribution in [1.82, 2.24) is 9.88 Å². The number of nitriles is 1. The van der Waals surface area contributed by atoms with Crippen molar-refractivity contribution in [2.24, 2.45) is 5.92 Å². The average Bonchev–Trinajstić information content (AvgIpc) is 2.83. The van der Waals surface area contributed by atoms with E-state index >= 15 is 0 Å². The topological polar surface area (TPSA) is 52.0 Å². The molecule has 1 aliphatic heterocycles. The molecule has 0 spiro atoms. The largest absolute Gasteiger partial charge is 0.384 e. The lowest BCUT2D eigenvalue weighted by Gasteiger charge is -2.16. The standard InChI is InChI=1S/C15H22N4/c1-4-19-6-5-13(10-19)9-17-15-7-11(2)18-12(3)14(15)8-16/h7,13H,4-6,9-10H2,1-3H3,(H,17,18). The van der Waals surface area contributed by atoms with Crippen molar-refractivity contribution in [3.05, 3.63) is 23.0 Å². The van der Waals surface area contributed by atoms with Crippen LogP contribution < -0.4 is 5.32 Å². The van der Waals surface area contributed by atoms with Gasteiger partial charge in [-0.1, -0.05) is 6.92 Å². The average molecular weight is 258 g/mol. The molecule has 1 atom stereocenters. The lowest BCUT2D eigenvalue weighted by atomic mass is 10.1. The summed E-state index contributed by atoms with van der Waals surface area (Å²) in [6.07, 6.45) is 1.24. The fraction of sp³-hybridized carbons (Fsp3) is 0.600. The number of nitrogens with one attached hydrogen (secondary N) is 1. The first-order valence-corrected chi connectivity index (χ1v) is 6.98. The summed E-state index contributed by atoms with van der Waals surface area (Å²) in [5.41, 5.74) is 3.38. The Morgan fingerprint density at radius 3 is 2.95 bits per heavy atom. The minimum atomic E-state index is 0.677. The Bertz CT molecular complexity index is 490. The number of aromatic nitrogens is 1. The first-order valence-electron chi connectivity index (χ1n) is 6.98. The van der Waals surface area contributed by atoms with Crippen LogP contribution in [0.2, 0.25) is 0 Å². The first kappa shape index (κ1) is 13.8. The van der Waals surface area contributed by atoms with Gasteiger partial charge in [0.2, 0.25) is 0 Å². The fourth-order valence-electron chi connectivity index (χ4n) is 2.73. The molecule has 0 radical (unpaired) electrons. The molecule has 1 saturated heterocycles. The predicted octanol–water partition coefficient (Wildman–Crippen LogP) is 2.32. The molecule has 1 N–H and O–H groups in total. The maximum Gasteiger partial charge on any atom is 0.103 e. The zero-order valence-electron chi connectivity index (χ0n) is 12.0. The lowest BCUT2D eigenvalue weighted by molar-refractivity contribution is 0.345. The number of hydrogen-bond donors (Lipinski definition) is 1. The van der Waals surface area contributed by atoms with Gasteiger partial charge in [0.25, 0.3) is 0 Å². The third-order valence-electron chi connectivity index (χ3n) is 3.84. The van der Waals surface area contributed by atoms with Crippen molar-refractivity contribution >= 4 is 5.69 Å². The third-order valence-corrected chi connectivity index (χ3v) is 3.84. The maximum absolute atomic E-state index is 9.22. The van der Waals surface area contributed by atoms with Gasteiger partial charge in [0.15, 0.2) is 0 Å². The first-order chi connectivity index (χ1) is 9.13. The molecule has 0 saturated carbocycles. The monoisotopic (exact) mass is 258 g/mol. The van der Waals surface area contributed by atoms with Crippen molar-refractivity contribution < 1.29 is 0 Å². The molecule has 0 aromatic carbocycles. The SMILES string of the molecule is CCN1CCC(CNc2cc(C)nc(C)c2C#N)C1. The lowest BCUT2D eigenvalue weighted by Crippen LogP contribution is -2.22.